The summed E-state index contributed by atoms with van der Waals surface area (Å²) in [6.07, 6.45) is 2.26. The first kappa shape index (κ1) is 23.4. The van der Waals surface area contributed by atoms with Crippen LogP contribution in [-0.4, -0.2) is 54.9 Å². The van der Waals surface area contributed by atoms with Crippen molar-refractivity contribution >= 4 is 28.8 Å². The third-order valence-corrected chi connectivity index (χ3v) is 6.71. The molecule has 1 aromatic carbocycles. The number of esters is 1. The van der Waals surface area contributed by atoms with Crippen molar-refractivity contribution < 1.29 is 23.8 Å². The first-order valence-electron chi connectivity index (χ1n) is 11.2. The van der Waals surface area contributed by atoms with E-state index in [0.717, 1.165) is 41.6 Å². The minimum atomic E-state index is -0.449. The first-order chi connectivity index (χ1) is 16.0. The zero-order valence-corrected chi connectivity index (χ0v) is 19.9. The van der Waals surface area contributed by atoms with Crippen LogP contribution in [0.1, 0.15) is 44.7 Å². The lowest BCUT2D eigenvalue weighted by Crippen LogP contribution is -2.38. The highest BCUT2D eigenvalue weighted by Crippen LogP contribution is 2.45. The molecule has 0 saturated carbocycles. The Balaban J connectivity index is 1.60. The van der Waals surface area contributed by atoms with E-state index in [9.17, 15) is 9.59 Å². The second kappa shape index (κ2) is 10.4. The summed E-state index contributed by atoms with van der Waals surface area (Å²) in [6, 6.07) is 7.13. The van der Waals surface area contributed by atoms with Crippen LogP contribution in [0, 0.1) is 0 Å². The van der Waals surface area contributed by atoms with Gasteiger partial charge in [-0.2, -0.15) is 0 Å². The van der Waals surface area contributed by atoms with Crippen LogP contribution in [0.15, 0.2) is 51.6 Å². The van der Waals surface area contributed by atoms with E-state index in [4.69, 9.17) is 14.2 Å². The molecule has 3 heterocycles. The van der Waals surface area contributed by atoms with Gasteiger partial charge in [0.1, 0.15) is 5.75 Å². The number of methoxy groups -OCH3 is 1. The molecule has 1 N–H and O–H groups in total. The third kappa shape index (κ3) is 5.09. The van der Waals surface area contributed by atoms with Crippen LogP contribution in [0.2, 0.25) is 0 Å². The van der Waals surface area contributed by atoms with Crippen molar-refractivity contribution in [3.8, 4) is 5.75 Å². The second-order valence-electron chi connectivity index (χ2n) is 8.00. The molecule has 3 aliphatic heterocycles. The number of carbonyl (C=O) groups excluding carboxylic acids is 2. The highest BCUT2D eigenvalue weighted by atomic mass is 32.2. The Morgan fingerprint density at radius 2 is 2.09 bits per heavy atom. The molecule has 9 heteroatoms. The van der Waals surface area contributed by atoms with E-state index in [1.165, 1.54) is 11.8 Å². The standard InChI is InChI=1S/C24H29N3O5S/c1-4-31-23(29)21-15(2)26-24-27(22(21)16-7-9-18(30-3)10-8-16)17(14-33-24)12-20(28)25-13-19-6-5-11-32-19/h7-10,14,19,22H,4-6,11-13H2,1-3H3,(H,25,28). The van der Waals surface area contributed by atoms with Crippen LogP contribution >= 0.6 is 11.8 Å². The second-order valence-corrected chi connectivity index (χ2v) is 8.84. The molecule has 1 saturated heterocycles. The number of thioether (sulfide) groups is 1. The number of ether oxygens (including phenoxy) is 3. The van der Waals surface area contributed by atoms with Crippen LogP contribution in [0.3, 0.4) is 0 Å². The summed E-state index contributed by atoms with van der Waals surface area (Å²) in [5.41, 5.74) is 2.77. The Morgan fingerprint density at radius 3 is 2.76 bits per heavy atom. The molecule has 0 aliphatic carbocycles. The number of rotatable bonds is 8. The molecule has 1 amide bonds. The normalized spacial score (nSPS) is 22.0. The zero-order valence-electron chi connectivity index (χ0n) is 19.1. The molecular formula is C24H29N3O5S. The highest BCUT2D eigenvalue weighted by molar-refractivity contribution is 8.16. The van der Waals surface area contributed by atoms with Crippen molar-refractivity contribution in [2.75, 3.05) is 26.9 Å². The molecule has 0 spiro atoms. The van der Waals surface area contributed by atoms with Crippen molar-refractivity contribution in [1.29, 1.82) is 0 Å². The van der Waals surface area contributed by atoms with E-state index < -0.39 is 12.0 Å². The molecule has 33 heavy (non-hydrogen) atoms. The molecule has 8 nitrogen and oxygen atoms in total. The Labute approximate surface area is 198 Å². The van der Waals surface area contributed by atoms with Crippen molar-refractivity contribution in [2.45, 2.75) is 45.3 Å². The Hall–Kier alpha value is -2.78. The van der Waals surface area contributed by atoms with Gasteiger partial charge >= 0.3 is 5.97 Å². The number of hydrogen-bond donors (Lipinski definition) is 1. The number of nitrogens with zero attached hydrogens (tertiary/aromatic N) is 2. The molecule has 0 radical (unpaired) electrons. The van der Waals surface area contributed by atoms with E-state index in [1.807, 2.05) is 41.5 Å². The Bertz CT molecular complexity index is 996. The summed E-state index contributed by atoms with van der Waals surface area (Å²) in [6.45, 7) is 5.13. The zero-order chi connectivity index (χ0) is 23.4. The lowest BCUT2D eigenvalue weighted by atomic mass is 9.93. The first-order valence-corrected chi connectivity index (χ1v) is 12.0. The number of aliphatic imine (C=N–C) groups is 1. The number of hydrogen-bond acceptors (Lipinski definition) is 8. The predicted octanol–water partition coefficient (Wildman–Crippen LogP) is 3.52. The minimum Gasteiger partial charge on any atom is -0.497 e. The molecule has 176 valence electrons. The van der Waals surface area contributed by atoms with E-state index >= 15 is 0 Å². The van der Waals surface area contributed by atoms with Crippen molar-refractivity contribution in [3.05, 3.63) is 52.2 Å². The maximum atomic E-state index is 13.0. The van der Waals surface area contributed by atoms with Gasteiger partial charge in [-0.25, -0.2) is 9.79 Å². The van der Waals surface area contributed by atoms with Gasteiger partial charge in [0.2, 0.25) is 5.91 Å². The molecule has 0 aromatic heterocycles. The van der Waals surface area contributed by atoms with E-state index in [1.54, 1.807) is 14.0 Å². The number of amidine groups is 1. The number of benzene rings is 1. The van der Waals surface area contributed by atoms with Gasteiger partial charge in [0.05, 0.1) is 43.6 Å². The van der Waals surface area contributed by atoms with Crippen molar-refractivity contribution in [3.63, 3.8) is 0 Å². The van der Waals surface area contributed by atoms with Crippen LogP contribution < -0.4 is 10.1 Å². The van der Waals surface area contributed by atoms with Crippen molar-refractivity contribution in [2.24, 2.45) is 4.99 Å². The van der Waals surface area contributed by atoms with Crippen LogP contribution in [-0.2, 0) is 19.1 Å². The monoisotopic (exact) mass is 471 g/mol. The summed E-state index contributed by atoms with van der Waals surface area (Å²) in [4.78, 5) is 32.3. The SMILES string of the molecule is CCOC(=O)C1=C(C)N=C2SC=C(CC(=O)NCC3CCCO3)N2C1c1ccc(OC)cc1. The molecule has 1 aromatic rings. The van der Waals surface area contributed by atoms with E-state index in [0.29, 0.717) is 17.8 Å². The molecular weight excluding hydrogens is 442 g/mol. The summed E-state index contributed by atoms with van der Waals surface area (Å²) in [7, 11) is 1.61. The smallest absolute Gasteiger partial charge is 0.338 e. The van der Waals surface area contributed by atoms with Crippen molar-refractivity contribution in [1.82, 2.24) is 10.2 Å². The summed E-state index contributed by atoms with van der Waals surface area (Å²) in [5, 5.41) is 5.65. The van der Waals surface area contributed by atoms with Gasteiger partial charge in [-0.1, -0.05) is 23.9 Å². The van der Waals surface area contributed by atoms with Gasteiger partial charge in [-0.3, -0.25) is 4.79 Å². The van der Waals surface area contributed by atoms with Crippen LogP contribution in [0.4, 0.5) is 0 Å². The fourth-order valence-electron chi connectivity index (χ4n) is 4.20. The molecule has 2 atom stereocenters. The minimum absolute atomic E-state index is 0.0843. The largest absolute Gasteiger partial charge is 0.497 e. The lowest BCUT2D eigenvalue weighted by Gasteiger charge is -2.36. The molecule has 2 unspecified atom stereocenters. The highest BCUT2D eigenvalue weighted by Gasteiger charge is 2.41. The average molecular weight is 472 g/mol. The van der Waals surface area contributed by atoms with Gasteiger partial charge in [0, 0.05) is 18.8 Å². The van der Waals surface area contributed by atoms with Gasteiger partial charge < -0.3 is 24.4 Å². The summed E-state index contributed by atoms with van der Waals surface area (Å²) >= 11 is 1.45. The fraction of sp³-hybridized carbons (Fsp3) is 0.458. The number of nitrogens with one attached hydrogen (secondary N) is 1. The average Bonchev–Trinajstić information content (AvgIpc) is 3.47. The maximum Gasteiger partial charge on any atom is 0.338 e. The fourth-order valence-corrected chi connectivity index (χ4v) is 5.17. The summed E-state index contributed by atoms with van der Waals surface area (Å²) in [5.74, 6) is 0.232. The Kier molecular flexibility index (Phi) is 7.39. The van der Waals surface area contributed by atoms with Crippen LogP contribution in [0.25, 0.3) is 0 Å². The van der Waals surface area contributed by atoms with E-state index in [2.05, 4.69) is 10.3 Å². The van der Waals surface area contributed by atoms with Gasteiger partial charge in [-0.05, 0) is 49.8 Å². The molecule has 3 aliphatic rings. The number of amides is 1. The summed E-state index contributed by atoms with van der Waals surface area (Å²) < 4.78 is 16.3. The number of carbonyl (C=O) groups is 2. The molecule has 0 bridgehead atoms. The third-order valence-electron chi connectivity index (χ3n) is 5.82. The van der Waals surface area contributed by atoms with Gasteiger partial charge in [-0.15, -0.1) is 0 Å². The maximum absolute atomic E-state index is 13.0. The Morgan fingerprint density at radius 1 is 1.30 bits per heavy atom. The molecule has 4 rings (SSSR count). The number of fused-ring (bicyclic) bond motifs is 1. The topological polar surface area (TPSA) is 89.5 Å². The molecule has 1 fully saturated rings. The van der Waals surface area contributed by atoms with E-state index in [-0.39, 0.29) is 25.0 Å². The lowest BCUT2D eigenvalue weighted by molar-refractivity contribution is -0.139. The predicted molar refractivity (Wildman–Crippen MR) is 127 cm³/mol. The van der Waals surface area contributed by atoms with Gasteiger partial charge in [0.25, 0.3) is 0 Å². The number of allylic oxidation sites excluding steroid dienone is 1. The van der Waals surface area contributed by atoms with Crippen LogP contribution in [0.5, 0.6) is 5.75 Å². The van der Waals surface area contributed by atoms with Gasteiger partial charge in [0.15, 0.2) is 5.17 Å². The quantitative estimate of drug-likeness (QED) is 0.580.